The molecule has 0 saturated carbocycles. The van der Waals surface area contributed by atoms with Crippen LogP contribution < -0.4 is 0 Å². The molecule has 2 aromatic carbocycles. The molecular weight excluding hydrogens is 360 g/mol. The molecule has 5 nitrogen and oxygen atoms in total. The summed E-state index contributed by atoms with van der Waals surface area (Å²) in [6, 6.07) is 20.5. The number of aromatic nitrogens is 2. The molecule has 1 N–H and O–H groups in total. The molecule has 0 saturated heterocycles. The molecule has 0 spiro atoms. The van der Waals surface area contributed by atoms with Crippen molar-refractivity contribution in [1.82, 2.24) is 8.96 Å². The lowest BCUT2D eigenvalue weighted by atomic mass is 9.93. The van der Waals surface area contributed by atoms with Gasteiger partial charge in [0.05, 0.1) is 16.1 Å². The normalized spacial score (nSPS) is 14.1. The maximum absolute atomic E-state index is 13.4. The van der Waals surface area contributed by atoms with Crippen LogP contribution in [0.5, 0.6) is 0 Å². The van der Waals surface area contributed by atoms with Crippen LogP contribution in [0.3, 0.4) is 0 Å². The highest BCUT2D eigenvalue weighted by Gasteiger charge is 2.34. The molecule has 2 heterocycles. The van der Waals surface area contributed by atoms with E-state index in [1.54, 1.807) is 80.0 Å². The number of benzene rings is 2. The van der Waals surface area contributed by atoms with E-state index < -0.39 is 15.6 Å². The van der Waals surface area contributed by atoms with E-state index in [0.717, 1.165) is 5.39 Å². The average Bonchev–Trinajstić information content (AvgIpc) is 3.11. The second-order valence-corrected chi connectivity index (χ2v) is 8.27. The standard InChI is InChI=1S/C21H18N2O3S/c1-21(24,17-11-13-22-14-12-17)20-15-16-7-5-6-10-19(16)23(20)27(25,26)18-8-3-2-4-9-18/h2-15,24H,1H3/t21-/m0/s1. The first kappa shape index (κ1) is 17.5. The Bertz CT molecular complexity index is 1200. The Labute approximate surface area is 157 Å². The van der Waals surface area contributed by atoms with Gasteiger partial charge in [-0.2, -0.15) is 0 Å². The van der Waals surface area contributed by atoms with Gasteiger partial charge in [-0.1, -0.05) is 36.4 Å². The average molecular weight is 378 g/mol. The smallest absolute Gasteiger partial charge is 0.268 e. The molecule has 4 rings (SSSR count). The van der Waals surface area contributed by atoms with Crippen LogP contribution in [0, 0.1) is 0 Å². The van der Waals surface area contributed by atoms with Crippen LogP contribution in [0.15, 0.2) is 90.1 Å². The first-order valence-electron chi connectivity index (χ1n) is 8.47. The number of para-hydroxylation sites is 1. The predicted molar refractivity (Wildman–Crippen MR) is 104 cm³/mol. The molecular formula is C21H18N2O3S. The summed E-state index contributed by atoms with van der Waals surface area (Å²) in [5.74, 6) is 0. The van der Waals surface area contributed by atoms with E-state index in [1.165, 1.54) is 3.97 Å². The van der Waals surface area contributed by atoms with E-state index in [9.17, 15) is 13.5 Å². The summed E-state index contributed by atoms with van der Waals surface area (Å²) in [6.07, 6.45) is 3.14. The summed E-state index contributed by atoms with van der Waals surface area (Å²) >= 11 is 0. The second kappa shape index (κ2) is 6.33. The van der Waals surface area contributed by atoms with Crippen LogP contribution in [-0.2, 0) is 15.6 Å². The largest absolute Gasteiger partial charge is 0.379 e. The molecule has 0 fully saturated rings. The first-order valence-corrected chi connectivity index (χ1v) is 9.91. The van der Waals surface area contributed by atoms with Gasteiger partial charge in [0, 0.05) is 17.8 Å². The van der Waals surface area contributed by atoms with Crippen LogP contribution >= 0.6 is 0 Å². The van der Waals surface area contributed by atoms with Gasteiger partial charge < -0.3 is 5.11 Å². The third kappa shape index (κ3) is 2.83. The fourth-order valence-electron chi connectivity index (χ4n) is 3.25. The maximum Gasteiger partial charge on any atom is 0.268 e. The minimum absolute atomic E-state index is 0.165. The second-order valence-electron chi connectivity index (χ2n) is 6.48. The van der Waals surface area contributed by atoms with E-state index in [4.69, 9.17) is 0 Å². The quantitative estimate of drug-likeness (QED) is 0.590. The maximum atomic E-state index is 13.4. The van der Waals surface area contributed by atoms with Crippen LogP contribution in [0.4, 0.5) is 0 Å². The Morgan fingerprint density at radius 1 is 0.926 bits per heavy atom. The molecule has 2 aromatic heterocycles. The Morgan fingerprint density at radius 3 is 2.26 bits per heavy atom. The summed E-state index contributed by atoms with van der Waals surface area (Å²) in [4.78, 5) is 4.14. The Balaban J connectivity index is 2.05. The summed E-state index contributed by atoms with van der Waals surface area (Å²) in [7, 11) is -3.90. The lowest BCUT2D eigenvalue weighted by Crippen LogP contribution is -2.29. The lowest BCUT2D eigenvalue weighted by Gasteiger charge is -2.26. The van der Waals surface area contributed by atoms with E-state index in [0.29, 0.717) is 11.1 Å². The molecule has 0 unspecified atom stereocenters. The van der Waals surface area contributed by atoms with Gasteiger partial charge in [-0.3, -0.25) is 4.98 Å². The molecule has 0 bridgehead atoms. The van der Waals surface area contributed by atoms with Crippen molar-refractivity contribution in [2.45, 2.75) is 17.4 Å². The molecule has 0 amide bonds. The van der Waals surface area contributed by atoms with Gasteiger partial charge in [0.15, 0.2) is 0 Å². The van der Waals surface area contributed by atoms with E-state index >= 15 is 0 Å². The van der Waals surface area contributed by atoms with Crippen molar-refractivity contribution in [1.29, 1.82) is 0 Å². The van der Waals surface area contributed by atoms with Crippen LogP contribution in [0.1, 0.15) is 18.2 Å². The highest BCUT2D eigenvalue weighted by atomic mass is 32.2. The molecule has 0 aliphatic heterocycles. The summed E-state index contributed by atoms with van der Waals surface area (Å²) < 4.78 is 28.1. The SMILES string of the molecule is C[C@](O)(c1ccncc1)c1cc2ccccc2n1S(=O)(=O)c1ccccc1. The van der Waals surface area contributed by atoms with Gasteiger partial charge in [-0.05, 0) is 48.9 Å². The predicted octanol–water partition coefficient (Wildman–Crippen LogP) is 3.53. The molecule has 1 atom stereocenters. The topological polar surface area (TPSA) is 72.2 Å². The molecule has 136 valence electrons. The van der Waals surface area contributed by atoms with E-state index in [2.05, 4.69) is 4.98 Å². The molecule has 0 aliphatic rings. The number of nitrogens with zero attached hydrogens (tertiary/aromatic N) is 2. The highest BCUT2D eigenvalue weighted by Crippen LogP contribution is 2.35. The van der Waals surface area contributed by atoms with Crippen molar-refractivity contribution < 1.29 is 13.5 Å². The number of fused-ring (bicyclic) bond motifs is 1. The fourth-order valence-corrected chi connectivity index (χ4v) is 4.88. The highest BCUT2D eigenvalue weighted by molar-refractivity contribution is 7.90. The van der Waals surface area contributed by atoms with Crippen molar-refractivity contribution in [3.05, 3.63) is 96.4 Å². The number of hydrogen-bond acceptors (Lipinski definition) is 4. The lowest BCUT2D eigenvalue weighted by molar-refractivity contribution is 0.0968. The molecule has 27 heavy (non-hydrogen) atoms. The molecule has 0 aliphatic carbocycles. The third-order valence-electron chi connectivity index (χ3n) is 4.69. The van der Waals surface area contributed by atoms with Crippen molar-refractivity contribution in [3.8, 4) is 0 Å². The third-order valence-corrected chi connectivity index (χ3v) is 6.43. The molecule has 4 aromatic rings. The van der Waals surface area contributed by atoms with Gasteiger partial charge in [-0.15, -0.1) is 0 Å². The summed E-state index contributed by atoms with van der Waals surface area (Å²) in [5, 5.41) is 12.1. The van der Waals surface area contributed by atoms with E-state index in [1.807, 2.05) is 12.1 Å². The van der Waals surface area contributed by atoms with Crippen LogP contribution in [0.25, 0.3) is 10.9 Å². The van der Waals surface area contributed by atoms with Crippen LogP contribution in [0.2, 0.25) is 0 Å². The molecule has 0 radical (unpaired) electrons. The van der Waals surface area contributed by atoms with Crippen molar-refractivity contribution in [2.24, 2.45) is 0 Å². The Morgan fingerprint density at radius 2 is 1.56 bits per heavy atom. The van der Waals surface area contributed by atoms with E-state index in [-0.39, 0.29) is 10.6 Å². The van der Waals surface area contributed by atoms with Crippen molar-refractivity contribution in [3.63, 3.8) is 0 Å². The monoisotopic (exact) mass is 378 g/mol. The Hall–Kier alpha value is -2.96. The summed E-state index contributed by atoms with van der Waals surface area (Å²) in [6.45, 7) is 1.59. The van der Waals surface area contributed by atoms with Crippen LogP contribution in [-0.4, -0.2) is 22.5 Å². The van der Waals surface area contributed by atoms with Crippen molar-refractivity contribution in [2.75, 3.05) is 0 Å². The van der Waals surface area contributed by atoms with Gasteiger partial charge >= 0.3 is 0 Å². The van der Waals surface area contributed by atoms with Gasteiger partial charge in [0.1, 0.15) is 5.60 Å². The van der Waals surface area contributed by atoms with Crippen molar-refractivity contribution >= 4 is 20.9 Å². The minimum Gasteiger partial charge on any atom is -0.379 e. The number of rotatable bonds is 4. The number of aliphatic hydroxyl groups is 1. The van der Waals surface area contributed by atoms with Gasteiger partial charge in [0.2, 0.25) is 0 Å². The molecule has 6 heteroatoms. The summed E-state index contributed by atoms with van der Waals surface area (Å²) in [5.41, 5.74) is -0.168. The zero-order valence-corrected chi connectivity index (χ0v) is 15.5. The van der Waals surface area contributed by atoms with Gasteiger partial charge in [-0.25, -0.2) is 12.4 Å². The zero-order chi connectivity index (χ0) is 19.1. The Kier molecular flexibility index (Phi) is 4.09. The number of pyridine rings is 1. The minimum atomic E-state index is -3.90. The van der Waals surface area contributed by atoms with Gasteiger partial charge in [0.25, 0.3) is 10.0 Å². The zero-order valence-electron chi connectivity index (χ0n) is 14.6. The first-order chi connectivity index (χ1) is 12.9. The fraction of sp³-hybridized carbons (Fsp3) is 0.0952. The number of hydrogen-bond donors (Lipinski definition) is 1.